The van der Waals surface area contributed by atoms with Crippen LogP contribution >= 0.6 is 0 Å². The number of benzene rings is 5. The van der Waals surface area contributed by atoms with Gasteiger partial charge in [-0.05, 0) is 50.9 Å². The van der Waals surface area contributed by atoms with Crippen LogP contribution in [0.15, 0.2) is 103 Å². The summed E-state index contributed by atoms with van der Waals surface area (Å²) < 4.78 is 2.47. The molecule has 5 aromatic carbocycles. The topological polar surface area (TPSA) is 4.93 Å². The largest absolute Gasteiger partial charge is 0.309 e. The first-order valence-electron chi connectivity index (χ1n) is 10.5. The molecule has 140 valence electrons. The molecule has 0 saturated heterocycles. The van der Waals surface area contributed by atoms with E-state index in [9.17, 15) is 0 Å². The van der Waals surface area contributed by atoms with E-state index in [2.05, 4.69) is 108 Å². The van der Waals surface area contributed by atoms with E-state index < -0.39 is 0 Å². The second-order valence-electron chi connectivity index (χ2n) is 8.14. The van der Waals surface area contributed by atoms with Crippen LogP contribution in [-0.4, -0.2) is 4.57 Å². The summed E-state index contributed by atoms with van der Waals surface area (Å²) in [6.45, 7) is 0. The van der Waals surface area contributed by atoms with Crippen molar-refractivity contribution in [1.82, 2.24) is 4.57 Å². The Balaban J connectivity index is 1.73. The molecule has 0 fully saturated rings. The average molecular weight is 381 g/mol. The first-order valence-corrected chi connectivity index (χ1v) is 10.5. The molecule has 1 aromatic heterocycles. The van der Waals surface area contributed by atoms with Gasteiger partial charge in [0.15, 0.2) is 0 Å². The fraction of sp³-hybridized carbons (Fsp3) is 0.0345. The summed E-state index contributed by atoms with van der Waals surface area (Å²) in [6, 6.07) is 37.4. The van der Waals surface area contributed by atoms with E-state index in [0.717, 1.165) is 6.42 Å². The summed E-state index contributed by atoms with van der Waals surface area (Å²) in [6.07, 6.45) is 0.983. The number of hydrogen-bond acceptors (Lipinski definition) is 0. The maximum atomic E-state index is 2.47. The zero-order chi connectivity index (χ0) is 19.7. The molecule has 0 atom stereocenters. The molecule has 1 aliphatic carbocycles. The van der Waals surface area contributed by atoms with Crippen molar-refractivity contribution in [3.05, 3.63) is 114 Å². The molecule has 0 unspecified atom stereocenters. The minimum atomic E-state index is 0.983. The zero-order valence-corrected chi connectivity index (χ0v) is 16.5. The van der Waals surface area contributed by atoms with E-state index in [1.807, 2.05) is 0 Å². The SMILES string of the molecule is c1ccc(-n2c3c(c4ccccc42)Cc2c-3c3ccccc3c3ccccc23)cc1. The van der Waals surface area contributed by atoms with Crippen molar-refractivity contribution in [3.8, 4) is 16.9 Å². The van der Waals surface area contributed by atoms with Crippen LogP contribution in [0.5, 0.6) is 0 Å². The Morgan fingerprint density at radius 3 is 1.80 bits per heavy atom. The highest BCUT2D eigenvalue weighted by molar-refractivity contribution is 6.18. The third-order valence-corrected chi connectivity index (χ3v) is 6.62. The third-order valence-electron chi connectivity index (χ3n) is 6.62. The highest BCUT2D eigenvalue weighted by Gasteiger charge is 2.30. The van der Waals surface area contributed by atoms with Gasteiger partial charge < -0.3 is 4.57 Å². The Morgan fingerprint density at radius 1 is 0.467 bits per heavy atom. The molecule has 6 aromatic rings. The van der Waals surface area contributed by atoms with Gasteiger partial charge in [-0.25, -0.2) is 0 Å². The summed E-state index contributed by atoms with van der Waals surface area (Å²) in [5, 5.41) is 6.79. The summed E-state index contributed by atoms with van der Waals surface area (Å²) >= 11 is 0. The first-order chi connectivity index (χ1) is 14.9. The molecular formula is C29H19N. The van der Waals surface area contributed by atoms with Gasteiger partial charge in [0.25, 0.3) is 0 Å². The summed E-state index contributed by atoms with van der Waals surface area (Å²) in [4.78, 5) is 0. The van der Waals surface area contributed by atoms with Gasteiger partial charge >= 0.3 is 0 Å². The molecule has 0 N–H and O–H groups in total. The zero-order valence-electron chi connectivity index (χ0n) is 16.5. The van der Waals surface area contributed by atoms with Crippen LogP contribution in [0.3, 0.4) is 0 Å². The maximum absolute atomic E-state index is 2.47. The number of rotatable bonds is 1. The van der Waals surface area contributed by atoms with Crippen molar-refractivity contribution in [2.45, 2.75) is 6.42 Å². The van der Waals surface area contributed by atoms with Crippen LogP contribution in [0.4, 0.5) is 0 Å². The first kappa shape index (κ1) is 16.0. The fourth-order valence-corrected chi connectivity index (χ4v) is 5.44. The van der Waals surface area contributed by atoms with Crippen LogP contribution in [0.25, 0.3) is 49.4 Å². The molecule has 1 heteroatoms. The van der Waals surface area contributed by atoms with Crippen LogP contribution in [0, 0.1) is 0 Å². The summed E-state index contributed by atoms with van der Waals surface area (Å²) in [5.74, 6) is 0. The molecule has 1 nitrogen and oxygen atoms in total. The Morgan fingerprint density at radius 2 is 1.03 bits per heavy atom. The average Bonchev–Trinajstić information content (AvgIpc) is 3.35. The highest BCUT2D eigenvalue weighted by Crippen LogP contribution is 2.50. The third kappa shape index (κ3) is 1.97. The van der Waals surface area contributed by atoms with E-state index in [0.29, 0.717) is 0 Å². The van der Waals surface area contributed by atoms with Crippen molar-refractivity contribution < 1.29 is 0 Å². The molecule has 30 heavy (non-hydrogen) atoms. The standard InChI is InChI=1S/C29H19N/c1-2-10-19(11-3-1)30-27-17-9-8-15-23(27)26-18-25-22-14-5-4-12-20(22)21-13-6-7-16-24(21)28(25)29(26)30/h1-17H,18H2. The molecule has 7 rings (SSSR count). The van der Waals surface area contributed by atoms with Gasteiger partial charge in [0.1, 0.15) is 0 Å². The highest BCUT2D eigenvalue weighted by atomic mass is 15.0. The van der Waals surface area contributed by atoms with Crippen molar-refractivity contribution in [3.63, 3.8) is 0 Å². The molecule has 0 aliphatic heterocycles. The number of aromatic nitrogens is 1. The van der Waals surface area contributed by atoms with Gasteiger partial charge in [0.2, 0.25) is 0 Å². The van der Waals surface area contributed by atoms with Crippen LogP contribution < -0.4 is 0 Å². The lowest BCUT2D eigenvalue weighted by Crippen LogP contribution is -1.97. The monoisotopic (exact) mass is 381 g/mol. The predicted octanol–water partition coefficient (Wildman–Crippen LogP) is 7.51. The number of para-hydroxylation sites is 2. The van der Waals surface area contributed by atoms with Crippen molar-refractivity contribution >= 4 is 32.4 Å². The molecule has 0 saturated carbocycles. The lowest BCUT2D eigenvalue weighted by Gasteiger charge is -2.16. The second-order valence-corrected chi connectivity index (χ2v) is 8.14. The summed E-state index contributed by atoms with van der Waals surface area (Å²) in [7, 11) is 0. The van der Waals surface area contributed by atoms with E-state index in [-0.39, 0.29) is 0 Å². The predicted molar refractivity (Wildman–Crippen MR) is 127 cm³/mol. The number of fused-ring (bicyclic) bond motifs is 10. The van der Waals surface area contributed by atoms with Gasteiger partial charge in [-0.3, -0.25) is 0 Å². The lowest BCUT2D eigenvalue weighted by molar-refractivity contribution is 1.14. The van der Waals surface area contributed by atoms with E-state index in [1.54, 1.807) is 0 Å². The minimum absolute atomic E-state index is 0.983. The number of nitrogens with zero attached hydrogens (tertiary/aromatic N) is 1. The molecular weight excluding hydrogens is 362 g/mol. The Kier molecular flexibility index (Phi) is 3.12. The van der Waals surface area contributed by atoms with Crippen LogP contribution in [-0.2, 0) is 6.42 Å². The lowest BCUT2D eigenvalue weighted by atomic mass is 9.92. The van der Waals surface area contributed by atoms with E-state index in [4.69, 9.17) is 0 Å². The van der Waals surface area contributed by atoms with Gasteiger partial charge in [0.05, 0.1) is 11.2 Å². The van der Waals surface area contributed by atoms with Gasteiger partial charge in [-0.15, -0.1) is 0 Å². The maximum Gasteiger partial charge on any atom is 0.0585 e. The fourth-order valence-electron chi connectivity index (χ4n) is 5.44. The smallest absolute Gasteiger partial charge is 0.0585 e. The van der Waals surface area contributed by atoms with Crippen LogP contribution in [0.2, 0.25) is 0 Å². The van der Waals surface area contributed by atoms with Crippen molar-refractivity contribution in [2.75, 3.05) is 0 Å². The number of hydrogen-bond donors (Lipinski definition) is 0. The van der Waals surface area contributed by atoms with Gasteiger partial charge in [-0.2, -0.15) is 0 Å². The Labute approximate surface area is 174 Å². The Hall–Kier alpha value is -3.84. The van der Waals surface area contributed by atoms with E-state index in [1.165, 1.54) is 60.5 Å². The van der Waals surface area contributed by atoms with Crippen molar-refractivity contribution in [1.29, 1.82) is 0 Å². The second kappa shape index (κ2) is 5.84. The molecule has 0 amide bonds. The Bertz CT molecular complexity index is 1600. The van der Waals surface area contributed by atoms with E-state index >= 15 is 0 Å². The van der Waals surface area contributed by atoms with Gasteiger partial charge in [0, 0.05) is 23.1 Å². The van der Waals surface area contributed by atoms with Crippen LogP contribution in [0.1, 0.15) is 11.1 Å². The van der Waals surface area contributed by atoms with Crippen molar-refractivity contribution in [2.24, 2.45) is 0 Å². The molecule has 1 heterocycles. The normalized spacial score (nSPS) is 12.5. The molecule has 0 spiro atoms. The molecule has 1 aliphatic rings. The quantitative estimate of drug-likeness (QED) is 0.259. The minimum Gasteiger partial charge on any atom is -0.309 e. The molecule has 0 bridgehead atoms. The summed E-state index contributed by atoms with van der Waals surface area (Å²) in [5.41, 5.74) is 8.19. The van der Waals surface area contributed by atoms with Gasteiger partial charge in [-0.1, -0.05) is 84.9 Å². The molecule has 0 radical (unpaired) electrons.